The van der Waals surface area contributed by atoms with Gasteiger partial charge in [0, 0.05) is 23.6 Å². The average Bonchev–Trinajstić information content (AvgIpc) is 3.49. The van der Waals surface area contributed by atoms with E-state index in [9.17, 15) is 9.90 Å². The highest BCUT2D eigenvalue weighted by atomic mass is 16.5. The highest BCUT2D eigenvalue weighted by molar-refractivity contribution is 5.77. The van der Waals surface area contributed by atoms with E-state index in [2.05, 4.69) is 30.0 Å². The number of hydrogen-bond donors (Lipinski definition) is 1. The Morgan fingerprint density at radius 3 is 2.94 bits per heavy atom. The zero-order valence-electron chi connectivity index (χ0n) is 18.4. The third kappa shape index (κ3) is 2.00. The summed E-state index contributed by atoms with van der Waals surface area (Å²) in [5.74, 6) is 0.935. The first-order chi connectivity index (χ1) is 14.9. The van der Waals surface area contributed by atoms with E-state index in [-0.39, 0.29) is 16.8 Å². The van der Waals surface area contributed by atoms with Gasteiger partial charge in [-0.05, 0) is 69.5 Å². The van der Waals surface area contributed by atoms with Crippen LogP contribution in [-0.2, 0) is 21.4 Å². The summed E-state index contributed by atoms with van der Waals surface area (Å²) < 4.78 is 12.2. The maximum atomic E-state index is 13.1. The number of hydrogen-bond acceptors (Lipinski definition) is 5. The molecule has 0 radical (unpaired) electrons. The van der Waals surface area contributed by atoms with E-state index in [4.69, 9.17) is 9.47 Å². The molecule has 31 heavy (non-hydrogen) atoms. The molecule has 1 saturated heterocycles. The number of piperidine rings is 1. The predicted molar refractivity (Wildman–Crippen MR) is 115 cm³/mol. The highest BCUT2D eigenvalue weighted by Crippen LogP contribution is 2.73. The first kappa shape index (κ1) is 18.7. The van der Waals surface area contributed by atoms with Gasteiger partial charge in [-0.2, -0.15) is 0 Å². The Morgan fingerprint density at radius 1 is 1.32 bits per heavy atom. The maximum Gasteiger partial charge on any atom is 0.312 e. The van der Waals surface area contributed by atoms with E-state index in [1.807, 2.05) is 13.0 Å². The lowest BCUT2D eigenvalue weighted by Gasteiger charge is -2.70. The second-order valence-corrected chi connectivity index (χ2v) is 10.9. The van der Waals surface area contributed by atoms with Crippen molar-refractivity contribution in [1.82, 2.24) is 4.90 Å². The maximum absolute atomic E-state index is 13.1. The Bertz CT molecular complexity index is 1030. The standard InChI is InChI=1S/C26H31NO4/c1-3-30-22(28)18-13-24-8-9-26(18,29)23-25(24)10-11-27(14-16-5-6-16)19(24)12-17-7-4-15(2)21(31-23)20(17)25/h4,7-9,16,18-19,23,29H,3,5-6,10-14H2,1-2H3/t18-,19-,23-,24-,25+,26-/m1/s1. The van der Waals surface area contributed by atoms with Gasteiger partial charge in [0.25, 0.3) is 0 Å². The van der Waals surface area contributed by atoms with E-state index in [0.29, 0.717) is 19.1 Å². The molecule has 2 heterocycles. The fraction of sp³-hybridized carbons (Fsp3) is 0.654. The molecule has 0 amide bonds. The third-order valence-corrected chi connectivity index (χ3v) is 9.57. The first-order valence-electron chi connectivity index (χ1n) is 12.1. The average molecular weight is 422 g/mol. The fourth-order valence-corrected chi connectivity index (χ4v) is 8.14. The van der Waals surface area contributed by atoms with Gasteiger partial charge in [0.1, 0.15) is 17.5 Å². The topological polar surface area (TPSA) is 59.0 Å². The largest absolute Gasteiger partial charge is 0.485 e. The first-order valence-corrected chi connectivity index (χ1v) is 12.1. The van der Waals surface area contributed by atoms with Gasteiger partial charge in [0.2, 0.25) is 0 Å². The number of esters is 1. The zero-order valence-corrected chi connectivity index (χ0v) is 18.4. The quantitative estimate of drug-likeness (QED) is 0.598. The molecule has 1 aromatic carbocycles. The molecule has 7 aliphatic rings. The van der Waals surface area contributed by atoms with Gasteiger partial charge in [-0.15, -0.1) is 0 Å². The van der Waals surface area contributed by atoms with Crippen LogP contribution in [0.25, 0.3) is 0 Å². The van der Waals surface area contributed by atoms with Crippen LogP contribution in [0.5, 0.6) is 5.75 Å². The molecule has 2 aliphatic heterocycles. The summed E-state index contributed by atoms with van der Waals surface area (Å²) in [6.45, 7) is 6.48. The van der Waals surface area contributed by atoms with Crippen LogP contribution in [-0.4, -0.2) is 53.4 Å². The number of aryl methyl sites for hydroxylation is 1. The van der Waals surface area contributed by atoms with Crippen molar-refractivity contribution in [2.45, 2.75) is 69.1 Å². The second-order valence-electron chi connectivity index (χ2n) is 10.9. The van der Waals surface area contributed by atoms with Crippen LogP contribution in [0.4, 0.5) is 0 Å². The monoisotopic (exact) mass is 421 g/mol. The minimum atomic E-state index is -1.32. The minimum Gasteiger partial charge on any atom is -0.485 e. The molecule has 2 spiro atoms. The lowest BCUT2D eigenvalue weighted by molar-refractivity contribution is -0.215. The van der Waals surface area contributed by atoms with Crippen LogP contribution in [0.3, 0.4) is 0 Å². The molecule has 6 atom stereocenters. The predicted octanol–water partition coefficient (Wildman–Crippen LogP) is 2.90. The Hall–Kier alpha value is -1.85. The normalized spacial score (nSPS) is 43.5. The smallest absolute Gasteiger partial charge is 0.312 e. The van der Waals surface area contributed by atoms with Crippen LogP contribution in [0, 0.1) is 24.2 Å². The molecule has 5 aliphatic carbocycles. The molecule has 164 valence electrons. The van der Waals surface area contributed by atoms with Crippen molar-refractivity contribution in [3.63, 3.8) is 0 Å². The SMILES string of the molecule is CCOC(=O)[C@H]1C[C@@]23C=C[C@]1(O)[C@@H]1Oc4c(C)ccc5c4[C@@]12CCN(CC1CC1)[C@@H]3C5. The molecule has 1 aromatic rings. The van der Waals surface area contributed by atoms with Crippen molar-refractivity contribution in [3.8, 4) is 5.75 Å². The summed E-state index contributed by atoms with van der Waals surface area (Å²) in [5, 5.41) is 12.0. The van der Waals surface area contributed by atoms with Gasteiger partial charge in [0.15, 0.2) is 0 Å². The van der Waals surface area contributed by atoms with Gasteiger partial charge < -0.3 is 14.6 Å². The van der Waals surface area contributed by atoms with Crippen molar-refractivity contribution < 1.29 is 19.4 Å². The lowest BCUT2D eigenvalue weighted by Crippen LogP contribution is -2.79. The lowest BCUT2D eigenvalue weighted by atomic mass is 9.37. The van der Waals surface area contributed by atoms with Gasteiger partial charge >= 0.3 is 5.97 Å². The number of ether oxygens (including phenoxy) is 2. The summed E-state index contributed by atoms with van der Waals surface area (Å²) >= 11 is 0. The molecule has 5 nitrogen and oxygen atoms in total. The number of rotatable bonds is 4. The molecule has 5 heteroatoms. The summed E-state index contributed by atoms with van der Waals surface area (Å²) in [6.07, 6.45) is 9.10. The van der Waals surface area contributed by atoms with Gasteiger partial charge in [-0.3, -0.25) is 9.69 Å². The summed E-state index contributed by atoms with van der Waals surface area (Å²) in [6, 6.07) is 4.80. The molecular weight excluding hydrogens is 390 g/mol. The van der Waals surface area contributed by atoms with E-state index >= 15 is 0 Å². The van der Waals surface area contributed by atoms with Crippen LogP contribution < -0.4 is 4.74 Å². The summed E-state index contributed by atoms with van der Waals surface area (Å²) in [4.78, 5) is 15.8. The summed E-state index contributed by atoms with van der Waals surface area (Å²) in [7, 11) is 0. The van der Waals surface area contributed by atoms with Gasteiger partial charge in [-0.1, -0.05) is 24.3 Å². The van der Waals surface area contributed by atoms with Crippen LogP contribution in [0.2, 0.25) is 0 Å². The number of likely N-dealkylation sites (tertiary alicyclic amines) is 1. The highest BCUT2D eigenvalue weighted by Gasteiger charge is 2.79. The van der Waals surface area contributed by atoms with Gasteiger partial charge in [0.05, 0.1) is 17.9 Å². The molecule has 1 N–H and O–H groups in total. The number of benzene rings is 1. The third-order valence-electron chi connectivity index (χ3n) is 9.57. The molecule has 2 saturated carbocycles. The molecule has 4 bridgehead atoms. The second kappa shape index (κ2) is 5.74. The van der Waals surface area contributed by atoms with Crippen LogP contribution in [0.1, 0.15) is 49.3 Å². The number of fused-ring (bicyclic) bond motifs is 1. The minimum absolute atomic E-state index is 0.196. The molecular formula is C26H31NO4. The van der Waals surface area contributed by atoms with E-state index < -0.39 is 17.6 Å². The summed E-state index contributed by atoms with van der Waals surface area (Å²) in [5.41, 5.74) is 2.09. The number of carbonyl (C=O) groups is 1. The van der Waals surface area contributed by atoms with Crippen molar-refractivity contribution in [1.29, 1.82) is 0 Å². The van der Waals surface area contributed by atoms with E-state index in [0.717, 1.165) is 43.2 Å². The van der Waals surface area contributed by atoms with Crippen molar-refractivity contribution in [2.75, 3.05) is 19.7 Å². The van der Waals surface area contributed by atoms with Gasteiger partial charge in [-0.25, -0.2) is 0 Å². The van der Waals surface area contributed by atoms with Crippen LogP contribution in [0.15, 0.2) is 24.3 Å². The zero-order chi connectivity index (χ0) is 21.2. The number of aliphatic hydroxyl groups is 1. The molecule has 0 unspecified atom stereocenters. The fourth-order valence-electron chi connectivity index (χ4n) is 8.14. The molecule has 8 rings (SSSR count). The Labute approximate surface area is 183 Å². The van der Waals surface area contributed by atoms with E-state index in [1.165, 1.54) is 24.0 Å². The van der Waals surface area contributed by atoms with E-state index in [1.54, 1.807) is 0 Å². The van der Waals surface area contributed by atoms with Crippen LogP contribution >= 0.6 is 0 Å². The number of nitrogens with zero attached hydrogens (tertiary/aromatic N) is 1. The van der Waals surface area contributed by atoms with Crippen molar-refractivity contribution >= 4 is 5.97 Å². The molecule has 3 fully saturated rings. The Balaban J connectivity index is 1.46. The number of carbonyl (C=O) groups excluding carboxylic acids is 1. The van der Waals surface area contributed by atoms with Crippen molar-refractivity contribution in [3.05, 3.63) is 41.0 Å². The Morgan fingerprint density at radius 2 is 2.16 bits per heavy atom. The molecule has 0 aromatic heterocycles. The Kier molecular flexibility index (Phi) is 3.46. The van der Waals surface area contributed by atoms with Crippen molar-refractivity contribution in [2.24, 2.45) is 17.3 Å².